The minimum atomic E-state index is -0.336. The largest absolute Gasteiger partial charge is 0.495 e. The van der Waals surface area contributed by atoms with Gasteiger partial charge in [-0.3, -0.25) is 4.79 Å². The van der Waals surface area contributed by atoms with Gasteiger partial charge in [0.05, 0.1) is 47.2 Å². The van der Waals surface area contributed by atoms with Crippen LogP contribution in [0.5, 0.6) is 34.5 Å². The predicted molar refractivity (Wildman–Crippen MR) is 133 cm³/mol. The van der Waals surface area contributed by atoms with E-state index in [0.717, 1.165) is 0 Å². The fourth-order valence-corrected chi connectivity index (χ4v) is 3.66. The van der Waals surface area contributed by atoms with Crippen molar-refractivity contribution in [2.24, 2.45) is 0 Å². The normalized spacial score (nSPS) is 11.2. The van der Waals surface area contributed by atoms with Crippen molar-refractivity contribution in [3.63, 3.8) is 0 Å². The molecular weight excluding hydrogens is 454 g/mol. The first-order valence-electron chi connectivity index (χ1n) is 10.8. The van der Waals surface area contributed by atoms with E-state index in [9.17, 15) is 4.79 Å². The number of ketones is 1. The van der Waals surface area contributed by atoms with Crippen LogP contribution in [0.15, 0.2) is 35.0 Å². The Hall–Kier alpha value is -3.85. The van der Waals surface area contributed by atoms with Crippen LogP contribution < -0.4 is 28.4 Å². The zero-order chi connectivity index (χ0) is 25.5. The summed E-state index contributed by atoms with van der Waals surface area (Å²) in [4.78, 5) is 15.5. The Kier molecular flexibility index (Phi) is 8.48. The summed E-state index contributed by atoms with van der Waals surface area (Å²) in [6.45, 7) is 0.964. The summed E-state index contributed by atoms with van der Waals surface area (Å²) in [5.41, 5.74) is 1.35. The topological polar surface area (TPSA) is 88.8 Å². The number of ether oxygens (including phenoxy) is 6. The maximum atomic E-state index is 13.6. The Morgan fingerprint density at radius 2 is 1.51 bits per heavy atom. The monoisotopic (exact) mass is 485 g/mol. The van der Waals surface area contributed by atoms with Crippen LogP contribution in [0.3, 0.4) is 0 Å². The number of carbonyl (C=O) groups excluding carboxylic acids is 1. The minimum Gasteiger partial charge on any atom is -0.495 e. The summed E-state index contributed by atoms with van der Waals surface area (Å²) in [7, 11) is 11.5. The SMILES string of the molecule is COc1cc(/C=C/C(=O)c2c(OCCN(C)C)c(OC)c3occc3c2OC)cc(OC)c1OC. The standard InChI is InChI=1S/C26H31NO8/c1-27(2)11-13-35-25-21(22(31-5)17-10-12-34-23(17)26(25)33-7)18(28)9-8-16-14-19(29-3)24(32-6)20(15-16)30-4/h8-10,12,14-15H,11,13H2,1-7H3/b9-8+. The fourth-order valence-electron chi connectivity index (χ4n) is 3.66. The number of rotatable bonds is 12. The maximum absolute atomic E-state index is 13.6. The molecular formula is C26H31NO8. The van der Waals surface area contributed by atoms with Crippen LogP contribution in [0.1, 0.15) is 15.9 Å². The van der Waals surface area contributed by atoms with Gasteiger partial charge in [0.1, 0.15) is 17.9 Å². The molecule has 9 heteroatoms. The van der Waals surface area contributed by atoms with Crippen LogP contribution in [0.25, 0.3) is 17.0 Å². The number of nitrogens with zero attached hydrogens (tertiary/aromatic N) is 1. The lowest BCUT2D eigenvalue weighted by atomic mass is 10.0. The Balaban J connectivity index is 2.10. The molecule has 3 rings (SSSR count). The van der Waals surface area contributed by atoms with E-state index in [2.05, 4.69) is 0 Å². The molecule has 0 amide bonds. The number of benzene rings is 2. The maximum Gasteiger partial charge on any atom is 0.205 e. The summed E-state index contributed by atoms with van der Waals surface area (Å²) in [6.07, 6.45) is 4.60. The molecule has 1 heterocycles. The predicted octanol–water partition coefficient (Wildman–Crippen LogP) is 4.31. The number of fused-ring (bicyclic) bond motifs is 1. The molecule has 0 N–H and O–H groups in total. The molecule has 0 aliphatic carbocycles. The van der Waals surface area contributed by atoms with Gasteiger partial charge in [-0.25, -0.2) is 0 Å². The number of furan rings is 1. The Labute approximate surface area is 204 Å². The quantitative estimate of drug-likeness (QED) is 0.275. The highest BCUT2D eigenvalue weighted by Crippen LogP contribution is 2.47. The van der Waals surface area contributed by atoms with Crippen molar-refractivity contribution in [1.82, 2.24) is 4.90 Å². The molecule has 188 valence electrons. The van der Waals surface area contributed by atoms with Crippen molar-refractivity contribution in [2.45, 2.75) is 0 Å². The highest BCUT2D eigenvalue weighted by molar-refractivity contribution is 6.15. The highest BCUT2D eigenvalue weighted by atomic mass is 16.5. The second-order valence-electron chi connectivity index (χ2n) is 7.74. The van der Waals surface area contributed by atoms with Gasteiger partial charge in [0.2, 0.25) is 11.5 Å². The lowest BCUT2D eigenvalue weighted by Gasteiger charge is -2.18. The molecule has 0 saturated carbocycles. The molecule has 9 nitrogen and oxygen atoms in total. The minimum absolute atomic E-state index is 0.237. The number of carbonyl (C=O) groups is 1. The van der Waals surface area contributed by atoms with Crippen molar-refractivity contribution in [3.8, 4) is 34.5 Å². The van der Waals surface area contributed by atoms with Gasteiger partial charge >= 0.3 is 0 Å². The average molecular weight is 486 g/mol. The lowest BCUT2D eigenvalue weighted by molar-refractivity contribution is 0.104. The van der Waals surface area contributed by atoms with E-state index in [0.29, 0.717) is 58.4 Å². The third-order valence-electron chi connectivity index (χ3n) is 5.33. The Bertz CT molecular complexity index is 1190. The third kappa shape index (κ3) is 5.30. The smallest absolute Gasteiger partial charge is 0.205 e. The molecule has 0 aliphatic heterocycles. The first kappa shape index (κ1) is 25.8. The molecule has 0 fully saturated rings. The summed E-state index contributed by atoms with van der Waals surface area (Å²) in [6, 6.07) is 5.22. The van der Waals surface area contributed by atoms with Gasteiger partial charge in [-0.2, -0.15) is 0 Å². The zero-order valence-corrected chi connectivity index (χ0v) is 21.1. The van der Waals surface area contributed by atoms with Crippen molar-refractivity contribution < 1.29 is 37.6 Å². The van der Waals surface area contributed by atoms with Gasteiger partial charge in [-0.1, -0.05) is 6.08 Å². The lowest BCUT2D eigenvalue weighted by Crippen LogP contribution is -2.20. The van der Waals surface area contributed by atoms with Crippen LogP contribution in [-0.2, 0) is 0 Å². The molecule has 0 saturated heterocycles. The van der Waals surface area contributed by atoms with Crippen molar-refractivity contribution >= 4 is 22.8 Å². The van der Waals surface area contributed by atoms with E-state index in [1.165, 1.54) is 47.9 Å². The molecule has 0 atom stereocenters. The molecule has 35 heavy (non-hydrogen) atoms. The van der Waals surface area contributed by atoms with Gasteiger partial charge in [-0.05, 0) is 43.9 Å². The van der Waals surface area contributed by atoms with E-state index in [4.69, 9.17) is 32.8 Å². The molecule has 2 aromatic carbocycles. The van der Waals surface area contributed by atoms with Crippen molar-refractivity contribution in [2.75, 3.05) is 62.8 Å². The average Bonchev–Trinajstić information content (AvgIpc) is 3.34. The van der Waals surface area contributed by atoms with Gasteiger partial charge < -0.3 is 37.7 Å². The molecule has 0 radical (unpaired) electrons. The number of likely N-dealkylation sites (N-methyl/N-ethyl adjacent to an activating group) is 1. The highest BCUT2D eigenvalue weighted by Gasteiger charge is 2.28. The summed E-state index contributed by atoms with van der Waals surface area (Å²) in [5, 5.41) is 0.605. The molecule has 0 spiro atoms. The van der Waals surface area contributed by atoms with Crippen LogP contribution in [0.2, 0.25) is 0 Å². The van der Waals surface area contributed by atoms with Crippen LogP contribution in [0.4, 0.5) is 0 Å². The van der Waals surface area contributed by atoms with Gasteiger partial charge in [0.15, 0.2) is 28.6 Å². The summed E-state index contributed by atoms with van der Waals surface area (Å²) >= 11 is 0. The Morgan fingerprint density at radius 1 is 0.886 bits per heavy atom. The van der Waals surface area contributed by atoms with E-state index in [1.807, 2.05) is 19.0 Å². The van der Waals surface area contributed by atoms with Gasteiger partial charge in [0.25, 0.3) is 0 Å². The van der Waals surface area contributed by atoms with Gasteiger partial charge in [-0.15, -0.1) is 0 Å². The molecule has 3 aromatic rings. The summed E-state index contributed by atoms with van der Waals surface area (Å²) in [5.74, 6) is 2.01. The summed E-state index contributed by atoms with van der Waals surface area (Å²) < 4.78 is 39.1. The second kappa shape index (κ2) is 11.5. The number of methoxy groups -OCH3 is 5. The Morgan fingerprint density at radius 3 is 2.06 bits per heavy atom. The number of hydrogen-bond acceptors (Lipinski definition) is 9. The molecule has 0 bridgehead atoms. The molecule has 1 aromatic heterocycles. The van der Waals surface area contributed by atoms with Crippen molar-refractivity contribution in [3.05, 3.63) is 41.7 Å². The van der Waals surface area contributed by atoms with E-state index >= 15 is 0 Å². The first-order valence-corrected chi connectivity index (χ1v) is 10.8. The third-order valence-corrected chi connectivity index (χ3v) is 5.33. The van der Waals surface area contributed by atoms with Gasteiger partial charge in [0, 0.05) is 6.54 Å². The van der Waals surface area contributed by atoms with Crippen molar-refractivity contribution in [1.29, 1.82) is 0 Å². The van der Waals surface area contributed by atoms with E-state index in [-0.39, 0.29) is 17.1 Å². The molecule has 0 aliphatic rings. The second-order valence-corrected chi connectivity index (χ2v) is 7.74. The van der Waals surface area contributed by atoms with Crippen LogP contribution in [0, 0.1) is 0 Å². The fraction of sp³-hybridized carbons (Fsp3) is 0.346. The number of hydrogen-bond donors (Lipinski definition) is 0. The van der Waals surface area contributed by atoms with Crippen LogP contribution >= 0.6 is 0 Å². The van der Waals surface area contributed by atoms with E-state index in [1.54, 1.807) is 24.3 Å². The van der Waals surface area contributed by atoms with E-state index < -0.39 is 0 Å². The molecule has 0 unspecified atom stereocenters. The first-order chi connectivity index (χ1) is 16.9. The van der Waals surface area contributed by atoms with Crippen LogP contribution in [-0.4, -0.2) is 73.5 Å². The number of allylic oxidation sites excluding steroid dienone is 1. The zero-order valence-electron chi connectivity index (χ0n) is 21.1.